The van der Waals surface area contributed by atoms with Gasteiger partial charge < -0.3 is 5.73 Å². The van der Waals surface area contributed by atoms with Crippen LogP contribution in [0.15, 0.2) is 5.10 Å². The first-order valence-corrected chi connectivity index (χ1v) is 3.48. The molecule has 0 aromatic rings. The van der Waals surface area contributed by atoms with Gasteiger partial charge in [-0.15, -0.1) is 5.10 Å². The number of nitrogens with two attached hydrogens (primary N) is 2. The van der Waals surface area contributed by atoms with Gasteiger partial charge in [-0.3, -0.25) is 0 Å². The van der Waals surface area contributed by atoms with Crippen molar-refractivity contribution in [1.29, 1.82) is 0 Å². The smallest absolute Gasteiger partial charge is 0.121 e. The molecule has 0 atom stereocenters. The Morgan fingerprint density at radius 3 is 2.60 bits per heavy atom. The van der Waals surface area contributed by atoms with Gasteiger partial charge >= 0.3 is 0 Å². The van der Waals surface area contributed by atoms with E-state index in [4.69, 9.17) is 11.6 Å². The maximum Gasteiger partial charge on any atom is 0.121 e. The molecule has 0 spiro atoms. The van der Waals surface area contributed by atoms with Crippen molar-refractivity contribution in [3.63, 3.8) is 0 Å². The molecule has 0 unspecified atom stereocenters. The van der Waals surface area contributed by atoms with Crippen LogP contribution in [-0.4, -0.2) is 18.0 Å². The second kappa shape index (κ2) is 5.05. The van der Waals surface area contributed by atoms with Gasteiger partial charge in [0, 0.05) is 13.5 Å². The van der Waals surface area contributed by atoms with E-state index >= 15 is 0 Å². The van der Waals surface area contributed by atoms with Crippen molar-refractivity contribution in [2.24, 2.45) is 16.7 Å². The highest BCUT2D eigenvalue weighted by Gasteiger charge is 1.91. The number of unbranched alkanes of at least 4 members (excludes halogenated alkanes) is 1. The van der Waals surface area contributed by atoms with E-state index < -0.39 is 0 Å². The Labute approximate surface area is 61.8 Å². The van der Waals surface area contributed by atoms with E-state index in [1.165, 1.54) is 5.12 Å². The first kappa shape index (κ1) is 9.23. The molecule has 0 rings (SSSR count). The Hall–Kier alpha value is -0.770. The zero-order chi connectivity index (χ0) is 7.98. The van der Waals surface area contributed by atoms with Gasteiger partial charge in [0.1, 0.15) is 5.84 Å². The second-order valence-electron chi connectivity index (χ2n) is 2.27. The first-order valence-electron chi connectivity index (χ1n) is 3.48. The van der Waals surface area contributed by atoms with Crippen LogP contribution in [0.4, 0.5) is 0 Å². The summed E-state index contributed by atoms with van der Waals surface area (Å²) in [7, 11) is 1.65. The lowest BCUT2D eigenvalue weighted by Crippen LogP contribution is -2.24. The molecule has 0 bridgehead atoms. The fraction of sp³-hybridized carbons (Fsp3) is 0.833. The second-order valence-corrected chi connectivity index (χ2v) is 2.27. The van der Waals surface area contributed by atoms with E-state index in [1.54, 1.807) is 7.05 Å². The Bertz CT molecular complexity index is 108. The number of hydrogen-bond acceptors (Lipinski definition) is 3. The Morgan fingerprint density at radius 1 is 1.60 bits per heavy atom. The van der Waals surface area contributed by atoms with Gasteiger partial charge in [0.05, 0.1) is 0 Å². The molecule has 60 valence electrons. The van der Waals surface area contributed by atoms with Crippen LogP contribution in [-0.2, 0) is 0 Å². The Kier molecular flexibility index (Phi) is 4.66. The summed E-state index contributed by atoms with van der Waals surface area (Å²) in [6, 6.07) is 0. The quantitative estimate of drug-likeness (QED) is 0.257. The van der Waals surface area contributed by atoms with Crippen LogP contribution in [0, 0.1) is 0 Å². The summed E-state index contributed by atoms with van der Waals surface area (Å²) in [5.74, 6) is 5.83. The highest BCUT2D eigenvalue weighted by Crippen LogP contribution is 1.93. The summed E-state index contributed by atoms with van der Waals surface area (Å²) in [6.45, 7) is 2.11. The molecule has 0 aliphatic heterocycles. The summed E-state index contributed by atoms with van der Waals surface area (Å²) < 4.78 is 0. The molecule has 0 aromatic heterocycles. The van der Waals surface area contributed by atoms with Gasteiger partial charge in [-0.05, 0) is 6.42 Å². The minimum Gasteiger partial charge on any atom is -0.386 e. The highest BCUT2D eigenvalue weighted by atomic mass is 15.6. The summed E-state index contributed by atoms with van der Waals surface area (Å²) in [5, 5.41) is 5.05. The molecule has 0 fully saturated rings. The lowest BCUT2D eigenvalue weighted by Gasteiger charge is -2.05. The van der Waals surface area contributed by atoms with Crippen molar-refractivity contribution in [1.82, 2.24) is 5.12 Å². The summed E-state index contributed by atoms with van der Waals surface area (Å²) in [5.41, 5.74) is 5.49. The Balaban J connectivity index is 3.49. The fourth-order valence-electron chi connectivity index (χ4n) is 0.610. The standard InChI is InChI=1S/C6H16N4/c1-3-4-5-6(7)9-10(2)8/h3-5,8H2,1-2H3,(H2,7,9). The molecule has 4 heteroatoms. The molecule has 4 nitrogen and oxygen atoms in total. The van der Waals surface area contributed by atoms with E-state index in [2.05, 4.69) is 12.0 Å². The van der Waals surface area contributed by atoms with Crippen LogP contribution in [0.1, 0.15) is 26.2 Å². The lowest BCUT2D eigenvalue weighted by molar-refractivity contribution is 0.370. The third-order valence-corrected chi connectivity index (χ3v) is 1.07. The van der Waals surface area contributed by atoms with Gasteiger partial charge in [0.2, 0.25) is 0 Å². The predicted octanol–water partition coefficient (Wildman–Crippen LogP) is 0.254. The van der Waals surface area contributed by atoms with E-state index in [1.807, 2.05) is 0 Å². The Morgan fingerprint density at radius 2 is 2.20 bits per heavy atom. The average Bonchev–Trinajstić information content (AvgIpc) is 1.82. The molecular weight excluding hydrogens is 128 g/mol. The summed E-state index contributed by atoms with van der Waals surface area (Å²) in [4.78, 5) is 0. The average molecular weight is 144 g/mol. The number of hydrogen-bond donors (Lipinski definition) is 2. The minimum absolute atomic E-state index is 0.604. The fourth-order valence-corrected chi connectivity index (χ4v) is 0.610. The number of hydrazone groups is 1. The van der Waals surface area contributed by atoms with Gasteiger partial charge in [-0.1, -0.05) is 13.3 Å². The molecule has 0 aliphatic rings. The molecule has 10 heavy (non-hydrogen) atoms. The van der Waals surface area contributed by atoms with Crippen molar-refractivity contribution in [2.75, 3.05) is 7.05 Å². The van der Waals surface area contributed by atoms with Crippen LogP contribution in [0.25, 0.3) is 0 Å². The third-order valence-electron chi connectivity index (χ3n) is 1.07. The van der Waals surface area contributed by atoms with Crippen LogP contribution in [0.3, 0.4) is 0 Å². The highest BCUT2D eigenvalue weighted by molar-refractivity contribution is 5.79. The summed E-state index contributed by atoms with van der Waals surface area (Å²) in [6.07, 6.45) is 3.03. The molecule has 0 amide bonds. The van der Waals surface area contributed by atoms with E-state index in [-0.39, 0.29) is 0 Å². The van der Waals surface area contributed by atoms with Crippen molar-refractivity contribution in [3.05, 3.63) is 0 Å². The van der Waals surface area contributed by atoms with Crippen LogP contribution >= 0.6 is 0 Å². The maximum absolute atomic E-state index is 5.49. The SMILES string of the molecule is CCCC/C(N)=N/N(C)N. The van der Waals surface area contributed by atoms with E-state index in [9.17, 15) is 0 Å². The van der Waals surface area contributed by atoms with E-state index in [0.717, 1.165) is 19.3 Å². The molecule has 0 saturated carbocycles. The van der Waals surface area contributed by atoms with Crippen molar-refractivity contribution < 1.29 is 0 Å². The molecule has 4 N–H and O–H groups in total. The first-order chi connectivity index (χ1) is 4.66. The van der Waals surface area contributed by atoms with Gasteiger partial charge in [-0.2, -0.15) is 0 Å². The molecule has 0 heterocycles. The molecule has 0 aliphatic carbocycles. The van der Waals surface area contributed by atoms with Crippen molar-refractivity contribution in [3.8, 4) is 0 Å². The van der Waals surface area contributed by atoms with Crippen molar-refractivity contribution >= 4 is 5.84 Å². The number of rotatable bonds is 4. The number of nitrogens with zero attached hydrogens (tertiary/aromatic N) is 2. The molecule has 0 saturated heterocycles. The monoisotopic (exact) mass is 144 g/mol. The lowest BCUT2D eigenvalue weighted by atomic mass is 10.2. The minimum atomic E-state index is 0.604. The van der Waals surface area contributed by atoms with Gasteiger partial charge in [0.25, 0.3) is 0 Å². The van der Waals surface area contributed by atoms with E-state index in [0.29, 0.717) is 5.84 Å². The van der Waals surface area contributed by atoms with Gasteiger partial charge in [0.15, 0.2) is 0 Å². The zero-order valence-corrected chi connectivity index (χ0v) is 6.67. The number of amidine groups is 1. The van der Waals surface area contributed by atoms with Crippen LogP contribution in [0.5, 0.6) is 0 Å². The van der Waals surface area contributed by atoms with Gasteiger partial charge in [-0.25, -0.2) is 11.0 Å². The normalized spacial score (nSPS) is 11.7. The van der Waals surface area contributed by atoms with Crippen LogP contribution < -0.4 is 11.6 Å². The van der Waals surface area contributed by atoms with Crippen molar-refractivity contribution in [2.45, 2.75) is 26.2 Å². The molecule has 0 aromatic carbocycles. The zero-order valence-electron chi connectivity index (χ0n) is 6.67. The summed E-state index contributed by atoms with van der Waals surface area (Å²) >= 11 is 0. The third kappa shape index (κ3) is 5.37. The largest absolute Gasteiger partial charge is 0.386 e. The number of hydrazine groups is 1. The molecular formula is C6H16N4. The van der Waals surface area contributed by atoms with Crippen LogP contribution in [0.2, 0.25) is 0 Å². The topological polar surface area (TPSA) is 67.6 Å². The predicted molar refractivity (Wildman–Crippen MR) is 43.1 cm³/mol. The molecule has 0 radical (unpaired) electrons. The maximum atomic E-state index is 5.49.